The number of para-hydroxylation sites is 1. The highest BCUT2D eigenvalue weighted by atomic mass is 32.2. The van der Waals surface area contributed by atoms with Crippen molar-refractivity contribution in [2.24, 2.45) is 0 Å². The molecule has 0 radical (unpaired) electrons. The van der Waals surface area contributed by atoms with E-state index in [4.69, 9.17) is 4.98 Å². The fraction of sp³-hybridized carbons (Fsp3) is 0.167. The molecular weight excluding hydrogens is 338 g/mol. The van der Waals surface area contributed by atoms with Crippen LogP contribution in [0.5, 0.6) is 0 Å². The van der Waals surface area contributed by atoms with Gasteiger partial charge in [0.25, 0.3) is 5.56 Å². The Balaban J connectivity index is 1.66. The van der Waals surface area contributed by atoms with Gasteiger partial charge in [-0.15, -0.1) is 11.3 Å². The van der Waals surface area contributed by atoms with Crippen LogP contribution in [0.4, 0.5) is 0 Å². The summed E-state index contributed by atoms with van der Waals surface area (Å²) < 4.78 is 1.57. The van der Waals surface area contributed by atoms with Crippen LogP contribution in [0.15, 0.2) is 51.7 Å². The van der Waals surface area contributed by atoms with Gasteiger partial charge in [0, 0.05) is 28.8 Å². The highest BCUT2D eigenvalue weighted by molar-refractivity contribution is 7.98. The van der Waals surface area contributed by atoms with Crippen molar-refractivity contribution in [3.05, 3.63) is 69.1 Å². The molecule has 0 aliphatic carbocycles. The molecule has 0 N–H and O–H groups in total. The first-order valence-corrected chi connectivity index (χ1v) is 9.44. The van der Waals surface area contributed by atoms with Gasteiger partial charge in [-0.2, -0.15) is 0 Å². The quantitative estimate of drug-likeness (QED) is 0.518. The molecule has 3 aromatic heterocycles. The van der Waals surface area contributed by atoms with Gasteiger partial charge in [-0.1, -0.05) is 30.0 Å². The van der Waals surface area contributed by atoms with Gasteiger partial charge in [-0.3, -0.25) is 9.20 Å². The molecule has 4 rings (SSSR count). The van der Waals surface area contributed by atoms with Gasteiger partial charge in [0.1, 0.15) is 0 Å². The Morgan fingerprint density at radius 3 is 2.92 bits per heavy atom. The lowest BCUT2D eigenvalue weighted by Gasteiger charge is -2.08. The van der Waals surface area contributed by atoms with Gasteiger partial charge in [-0.05, 0) is 31.0 Å². The van der Waals surface area contributed by atoms with Crippen molar-refractivity contribution < 1.29 is 0 Å². The van der Waals surface area contributed by atoms with Crippen LogP contribution >= 0.6 is 23.1 Å². The van der Waals surface area contributed by atoms with Crippen LogP contribution in [-0.2, 0) is 5.75 Å². The van der Waals surface area contributed by atoms with Crippen LogP contribution in [-0.4, -0.2) is 14.4 Å². The molecule has 0 saturated carbocycles. The Hall–Kier alpha value is -2.18. The number of benzene rings is 1. The van der Waals surface area contributed by atoms with Crippen LogP contribution in [0.25, 0.3) is 15.9 Å². The molecule has 0 aliphatic rings. The first kappa shape index (κ1) is 15.4. The molecule has 6 heteroatoms. The fourth-order valence-corrected chi connectivity index (χ4v) is 4.31. The standard InChI is InChI=1S/C18H15N3OS2/c1-11-4-3-5-14-12(2)8-15(20-17(11)14)24-10-13-9-16(22)21-6-7-23-18(21)19-13/h3-9H,10H2,1-2H3. The summed E-state index contributed by atoms with van der Waals surface area (Å²) >= 11 is 3.08. The molecule has 0 spiro atoms. The Labute approximate surface area is 147 Å². The first-order valence-electron chi connectivity index (χ1n) is 7.57. The van der Waals surface area contributed by atoms with Crippen LogP contribution in [0.2, 0.25) is 0 Å². The molecule has 0 atom stereocenters. The highest BCUT2D eigenvalue weighted by Crippen LogP contribution is 2.27. The lowest BCUT2D eigenvalue weighted by Crippen LogP contribution is -2.12. The van der Waals surface area contributed by atoms with Gasteiger partial charge in [0.05, 0.1) is 16.2 Å². The summed E-state index contributed by atoms with van der Waals surface area (Å²) in [7, 11) is 0. The van der Waals surface area contributed by atoms with E-state index in [9.17, 15) is 4.79 Å². The molecular formula is C18H15N3OS2. The number of nitrogens with zero attached hydrogens (tertiary/aromatic N) is 3. The number of hydrogen-bond acceptors (Lipinski definition) is 5. The summed E-state index contributed by atoms with van der Waals surface area (Å²) in [6.07, 6.45) is 1.75. The van der Waals surface area contributed by atoms with E-state index in [0.717, 1.165) is 21.2 Å². The lowest BCUT2D eigenvalue weighted by molar-refractivity contribution is 1.04. The molecule has 4 nitrogen and oxygen atoms in total. The Kier molecular flexibility index (Phi) is 3.86. The van der Waals surface area contributed by atoms with E-state index in [0.29, 0.717) is 5.75 Å². The molecule has 0 unspecified atom stereocenters. The van der Waals surface area contributed by atoms with E-state index in [1.807, 2.05) is 5.38 Å². The molecule has 120 valence electrons. The molecule has 0 saturated heterocycles. The Morgan fingerprint density at radius 2 is 2.04 bits per heavy atom. The van der Waals surface area contributed by atoms with Gasteiger partial charge in [0.2, 0.25) is 0 Å². The Morgan fingerprint density at radius 1 is 1.17 bits per heavy atom. The monoisotopic (exact) mass is 353 g/mol. The second kappa shape index (κ2) is 6.03. The largest absolute Gasteiger partial charge is 0.269 e. The third kappa shape index (κ3) is 2.72. The minimum atomic E-state index is -0.0321. The van der Waals surface area contributed by atoms with Crippen molar-refractivity contribution in [2.75, 3.05) is 0 Å². The zero-order valence-corrected chi connectivity index (χ0v) is 14.9. The topological polar surface area (TPSA) is 47.3 Å². The average molecular weight is 353 g/mol. The lowest BCUT2D eigenvalue weighted by atomic mass is 10.1. The molecule has 3 heterocycles. The summed E-state index contributed by atoms with van der Waals surface area (Å²) in [5.74, 6) is 0.632. The number of rotatable bonds is 3. The van der Waals surface area contributed by atoms with Crippen molar-refractivity contribution in [2.45, 2.75) is 24.6 Å². The first-order chi connectivity index (χ1) is 11.6. The van der Waals surface area contributed by atoms with E-state index >= 15 is 0 Å². The van der Waals surface area contributed by atoms with Crippen LogP contribution in [0.3, 0.4) is 0 Å². The van der Waals surface area contributed by atoms with Gasteiger partial charge >= 0.3 is 0 Å². The van der Waals surface area contributed by atoms with Gasteiger partial charge < -0.3 is 0 Å². The average Bonchev–Trinajstić information content (AvgIpc) is 3.03. The van der Waals surface area contributed by atoms with E-state index in [1.165, 1.54) is 27.8 Å². The SMILES string of the molecule is Cc1cc(SCc2cc(=O)n3ccsc3n2)nc2c(C)cccc12. The maximum absolute atomic E-state index is 12.1. The minimum Gasteiger partial charge on any atom is -0.269 e. The normalized spacial score (nSPS) is 11.4. The molecule has 1 aromatic carbocycles. The predicted octanol–water partition coefficient (Wildman–Crippen LogP) is 4.21. The van der Waals surface area contributed by atoms with E-state index in [2.05, 4.69) is 43.1 Å². The van der Waals surface area contributed by atoms with E-state index in [1.54, 1.807) is 28.4 Å². The molecule has 24 heavy (non-hydrogen) atoms. The van der Waals surface area contributed by atoms with Crippen molar-refractivity contribution >= 4 is 39.0 Å². The van der Waals surface area contributed by atoms with Crippen molar-refractivity contribution in [1.82, 2.24) is 14.4 Å². The van der Waals surface area contributed by atoms with Crippen LogP contribution in [0.1, 0.15) is 16.8 Å². The summed E-state index contributed by atoms with van der Waals surface area (Å²) in [6, 6.07) is 9.95. The number of thioether (sulfide) groups is 1. The number of pyridine rings is 1. The summed E-state index contributed by atoms with van der Waals surface area (Å²) in [6.45, 7) is 4.19. The number of thiazole rings is 1. The van der Waals surface area contributed by atoms with Crippen molar-refractivity contribution in [3.63, 3.8) is 0 Å². The van der Waals surface area contributed by atoms with Gasteiger partial charge in [0.15, 0.2) is 4.96 Å². The summed E-state index contributed by atoms with van der Waals surface area (Å²) in [5, 5.41) is 4.02. The fourth-order valence-electron chi connectivity index (χ4n) is 2.71. The number of hydrogen-bond donors (Lipinski definition) is 0. The highest BCUT2D eigenvalue weighted by Gasteiger charge is 2.08. The van der Waals surface area contributed by atoms with Gasteiger partial charge in [-0.25, -0.2) is 9.97 Å². The molecule has 4 aromatic rings. The number of aromatic nitrogens is 3. The van der Waals surface area contributed by atoms with Crippen LogP contribution in [0, 0.1) is 13.8 Å². The number of aryl methyl sites for hydroxylation is 2. The zero-order chi connectivity index (χ0) is 16.7. The van der Waals surface area contributed by atoms with E-state index in [-0.39, 0.29) is 5.56 Å². The molecule has 0 amide bonds. The molecule has 0 bridgehead atoms. The number of fused-ring (bicyclic) bond motifs is 2. The second-order valence-corrected chi connectivity index (χ2v) is 7.55. The molecule has 0 fully saturated rings. The molecule has 0 aliphatic heterocycles. The minimum absolute atomic E-state index is 0.0321. The smallest absolute Gasteiger partial charge is 0.258 e. The Bertz CT molecular complexity index is 1110. The summed E-state index contributed by atoms with van der Waals surface area (Å²) in [5.41, 5.74) is 4.19. The second-order valence-electron chi connectivity index (χ2n) is 5.68. The predicted molar refractivity (Wildman–Crippen MR) is 100 cm³/mol. The maximum Gasteiger partial charge on any atom is 0.258 e. The summed E-state index contributed by atoms with van der Waals surface area (Å²) in [4.78, 5) is 22.1. The van der Waals surface area contributed by atoms with E-state index < -0.39 is 0 Å². The van der Waals surface area contributed by atoms with Crippen molar-refractivity contribution in [3.8, 4) is 0 Å². The maximum atomic E-state index is 12.1. The third-order valence-electron chi connectivity index (χ3n) is 3.95. The van der Waals surface area contributed by atoms with Crippen LogP contribution < -0.4 is 5.56 Å². The zero-order valence-electron chi connectivity index (χ0n) is 13.3. The third-order valence-corrected chi connectivity index (χ3v) is 5.65. The van der Waals surface area contributed by atoms with Crippen molar-refractivity contribution in [1.29, 1.82) is 0 Å².